The molecule has 5 rings (SSSR count). The molecule has 1 aromatic carbocycles. The Labute approximate surface area is 128 Å². The van der Waals surface area contributed by atoms with E-state index in [1.165, 1.54) is 25.9 Å². The van der Waals surface area contributed by atoms with Gasteiger partial charge in [-0.3, -0.25) is 4.79 Å². The Morgan fingerprint density at radius 3 is 2.81 bits per heavy atom. The maximum Gasteiger partial charge on any atom is 0.173 e. The molecule has 4 heterocycles. The third-order valence-corrected chi connectivity index (χ3v) is 6.21. The van der Waals surface area contributed by atoms with Gasteiger partial charge in [-0.25, -0.2) is 0 Å². The predicted octanol–water partition coefficient (Wildman–Crippen LogP) is 3.40. The fourth-order valence-electron chi connectivity index (χ4n) is 3.86. The number of rotatable bonds is 3. The molecule has 2 bridgehead atoms. The van der Waals surface area contributed by atoms with E-state index in [-0.39, 0.29) is 0 Å². The van der Waals surface area contributed by atoms with Gasteiger partial charge in [-0.2, -0.15) is 0 Å². The van der Waals surface area contributed by atoms with E-state index in [2.05, 4.69) is 4.90 Å². The highest BCUT2D eigenvalue weighted by Gasteiger charge is 2.35. The number of benzene rings is 1. The van der Waals surface area contributed by atoms with Gasteiger partial charge in [0, 0.05) is 23.4 Å². The van der Waals surface area contributed by atoms with Crippen LogP contribution in [-0.4, -0.2) is 30.3 Å². The van der Waals surface area contributed by atoms with Crippen LogP contribution in [0.15, 0.2) is 24.3 Å². The van der Waals surface area contributed by atoms with Crippen molar-refractivity contribution in [3.63, 3.8) is 0 Å². The minimum atomic E-state index is 0.313. The summed E-state index contributed by atoms with van der Waals surface area (Å²) in [5, 5.41) is 1.09. The zero-order chi connectivity index (χ0) is 14.4. The van der Waals surface area contributed by atoms with E-state index < -0.39 is 0 Å². The molecule has 0 unspecified atom stereocenters. The third-order valence-electron chi connectivity index (χ3n) is 5.05. The SMILES string of the molecule is Nc1ccc2sc(C(=O)C[C@@H]3CN4CCC3CC4)cc2c1. The lowest BCUT2D eigenvalue weighted by atomic mass is 9.76. The lowest BCUT2D eigenvalue weighted by Crippen LogP contribution is -2.47. The van der Waals surface area contributed by atoms with E-state index in [1.807, 2.05) is 24.3 Å². The zero-order valence-corrected chi connectivity index (χ0v) is 12.9. The topological polar surface area (TPSA) is 46.3 Å². The van der Waals surface area contributed by atoms with Crippen molar-refractivity contribution in [1.82, 2.24) is 4.90 Å². The smallest absolute Gasteiger partial charge is 0.173 e. The molecule has 1 atom stereocenters. The number of hydrogen-bond acceptors (Lipinski definition) is 4. The number of Topliss-reactive ketones (excluding diaryl/α,β-unsaturated/α-hetero) is 1. The number of thiophene rings is 1. The highest BCUT2D eigenvalue weighted by Crippen LogP contribution is 2.36. The molecule has 2 aromatic rings. The number of anilines is 1. The van der Waals surface area contributed by atoms with E-state index >= 15 is 0 Å². The molecule has 2 N–H and O–H groups in total. The number of carbonyl (C=O) groups is 1. The molecule has 3 fully saturated rings. The van der Waals surface area contributed by atoms with E-state index in [1.54, 1.807) is 11.3 Å². The van der Waals surface area contributed by atoms with Gasteiger partial charge in [0.1, 0.15) is 0 Å². The lowest BCUT2D eigenvalue weighted by molar-refractivity contribution is 0.0442. The summed E-state index contributed by atoms with van der Waals surface area (Å²) in [4.78, 5) is 16.0. The summed E-state index contributed by atoms with van der Waals surface area (Å²) in [6, 6.07) is 7.89. The Kier molecular flexibility index (Phi) is 3.23. The molecule has 4 heteroatoms. The highest BCUT2D eigenvalue weighted by atomic mass is 32.1. The Morgan fingerprint density at radius 1 is 1.29 bits per heavy atom. The Morgan fingerprint density at radius 2 is 2.10 bits per heavy atom. The number of ketones is 1. The Hall–Kier alpha value is -1.39. The molecule has 110 valence electrons. The maximum atomic E-state index is 12.6. The van der Waals surface area contributed by atoms with Crippen molar-refractivity contribution < 1.29 is 4.79 Å². The average Bonchev–Trinajstić information content (AvgIpc) is 2.91. The number of fused-ring (bicyclic) bond motifs is 4. The second-order valence-corrected chi connectivity index (χ2v) is 7.52. The van der Waals surface area contributed by atoms with Gasteiger partial charge in [-0.05, 0) is 67.4 Å². The van der Waals surface area contributed by atoms with E-state index in [0.29, 0.717) is 18.1 Å². The number of nitrogens with two attached hydrogens (primary N) is 1. The van der Waals surface area contributed by atoms with Crippen molar-refractivity contribution in [3.8, 4) is 0 Å². The van der Waals surface area contributed by atoms with Crippen molar-refractivity contribution in [2.45, 2.75) is 19.3 Å². The quantitative estimate of drug-likeness (QED) is 0.698. The van der Waals surface area contributed by atoms with Crippen molar-refractivity contribution in [2.75, 3.05) is 25.4 Å². The second-order valence-electron chi connectivity index (χ2n) is 6.43. The number of carbonyl (C=O) groups excluding carboxylic acids is 1. The number of piperidine rings is 3. The summed E-state index contributed by atoms with van der Waals surface area (Å²) in [6.07, 6.45) is 3.27. The van der Waals surface area contributed by atoms with Gasteiger partial charge >= 0.3 is 0 Å². The molecule has 3 nitrogen and oxygen atoms in total. The second kappa shape index (κ2) is 5.11. The normalized spacial score (nSPS) is 28.1. The molecule has 3 saturated heterocycles. The first-order valence-electron chi connectivity index (χ1n) is 7.73. The summed E-state index contributed by atoms with van der Waals surface area (Å²) < 4.78 is 1.15. The molecule has 3 aliphatic rings. The standard InChI is InChI=1S/C17H20N2OS/c18-14-1-2-16-12(7-14)9-17(21-16)15(20)8-13-10-19-5-3-11(13)4-6-19/h1-2,7,9,11,13H,3-6,8,10,18H2/t13-/m1/s1. The van der Waals surface area contributed by atoms with Crippen LogP contribution < -0.4 is 5.73 Å². The average molecular weight is 300 g/mol. The monoisotopic (exact) mass is 300 g/mol. The summed E-state index contributed by atoms with van der Waals surface area (Å²) >= 11 is 1.60. The summed E-state index contributed by atoms with van der Waals surface area (Å²) in [6.45, 7) is 3.59. The molecule has 21 heavy (non-hydrogen) atoms. The van der Waals surface area contributed by atoms with Crippen LogP contribution in [0.5, 0.6) is 0 Å². The molecule has 0 amide bonds. The third kappa shape index (κ3) is 2.47. The van der Waals surface area contributed by atoms with Crippen LogP contribution in [0.2, 0.25) is 0 Å². The van der Waals surface area contributed by atoms with Gasteiger partial charge in [-0.1, -0.05) is 0 Å². The minimum Gasteiger partial charge on any atom is -0.399 e. The number of nitrogen functional groups attached to an aromatic ring is 1. The predicted molar refractivity (Wildman–Crippen MR) is 87.8 cm³/mol. The van der Waals surface area contributed by atoms with Gasteiger partial charge in [0.2, 0.25) is 0 Å². The molecule has 0 radical (unpaired) electrons. The number of nitrogens with zero attached hydrogens (tertiary/aromatic N) is 1. The minimum absolute atomic E-state index is 0.313. The molecule has 0 spiro atoms. The first-order chi connectivity index (χ1) is 10.2. The summed E-state index contributed by atoms with van der Waals surface area (Å²) in [5.74, 6) is 1.65. The Bertz CT molecular complexity index is 685. The van der Waals surface area contributed by atoms with Gasteiger partial charge in [0.05, 0.1) is 4.88 Å². The van der Waals surface area contributed by atoms with E-state index in [4.69, 9.17) is 5.73 Å². The van der Waals surface area contributed by atoms with Crippen LogP contribution in [0.25, 0.3) is 10.1 Å². The van der Waals surface area contributed by atoms with Crippen LogP contribution >= 0.6 is 11.3 Å². The van der Waals surface area contributed by atoms with Gasteiger partial charge in [0.15, 0.2) is 5.78 Å². The zero-order valence-electron chi connectivity index (χ0n) is 12.0. The fraction of sp³-hybridized carbons (Fsp3) is 0.471. The van der Waals surface area contributed by atoms with E-state index in [0.717, 1.165) is 33.1 Å². The fourth-order valence-corrected chi connectivity index (χ4v) is 4.85. The Balaban J connectivity index is 1.53. The lowest BCUT2D eigenvalue weighted by Gasteiger charge is -2.44. The van der Waals surface area contributed by atoms with E-state index in [9.17, 15) is 4.79 Å². The molecular formula is C17H20N2OS. The first-order valence-corrected chi connectivity index (χ1v) is 8.55. The summed E-state index contributed by atoms with van der Waals surface area (Å²) in [5.41, 5.74) is 6.57. The van der Waals surface area contributed by atoms with Gasteiger partial charge < -0.3 is 10.6 Å². The van der Waals surface area contributed by atoms with Crippen molar-refractivity contribution in [3.05, 3.63) is 29.1 Å². The van der Waals surface area contributed by atoms with Crippen LogP contribution in [-0.2, 0) is 0 Å². The number of hydrogen-bond donors (Lipinski definition) is 1. The van der Waals surface area contributed by atoms with Crippen LogP contribution in [0, 0.1) is 11.8 Å². The first kappa shape index (κ1) is 13.3. The molecular weight excluding hydrogens is 280 g/mol. The van der Waals surface area contributed by atoms with Crippen molar-refractivity contribution in [1.29, 1.82) is 0 Å². The van der Waals surface area contributed by atoms with Gasteiger partial charge in [0.25, 0.3) is 0 Å². The maximum absolute atomic E-state index is 12.6. The molecule has 3 aliphatic heterocycles. The largest absolute Gasteiger partial charge is 0.399 e. The van der Waals surface area contributed by atoms with Crippen molar-refractivity contribution in [2.24, 2.45) is 11.8 Å². The molecule has 1 aromatic heterocycles. The van der Waals surface area contributed by atoms with Crippen LogP contribution in [0.3, 0.4) is 0 Å². The molecule has 0 saturated carbocycles. The summed E-state index contributed by atoms with van der Waals surface area (Å²) in [7, 11) is 0. The molecule has 0 aliphatic carbocycles. The van der Waals surface area contributed by atoms with Crippen molar-refractivity contribution >= 4 is 32.9 Å². The van der Waals surface area contributed by atoms with Crippen LogP contribution in [0.1, 0.15) is 28.9 Å². The highest BCUT2D eigenvalue weighted by molar-refractivity contribution is 7.20. The van der Waals surface area contributed by atoms with Gasteiger partial charge in [-0.15, -0.1) is 11.3 Å². The van der Waals surface area contributed by atoms with Crippen LogP contribution in [0.4, 0.5) is 5.69 Å².